The second kappa shape index (κ2) is 22.4. The summed E-state index contributed by atoms with van der Waals surface area (Å²) in [5.41, 5.74) is 5.52. The Hall–Kier alpha value is -3.39. The Morgan fingerprint density at radius 3 is 1.98 bits per heavy atom. The van der Waals surface area contributed by atoms with Gasteiger partial charge in [0.2, 0.25) is 0 Å². The molecule has 0 N–H and O–H groups in total. The summed E-state index contributed by atoms with van der Waals surface area (Å²) >= 11 is 1.29. The van der Waals surface area contributed by atoms with Gasteiger partial charge in [-0.25, -0.2) is 4.79 Å². The Morgan fingerprint density at radius 2 is 1.41 bits per heavy atom. The minimum Gasteiger partial charge on any atom is -0.462 e. The highest BCUT2D eigenvalue weighted by atomic mass is 32.1. The molecule has 0 saturated heterocycles. The number of nitrogens with zero attached hydrogens (tertiary/aromatic N) is 5. The number of aryl methyl sites for hydroxylation is 2. The van der Waals surface area contributed by atoms with Gasteiger partial charge in [-0.15, -0.1) is 20.5 Å². The van der Waals surface area contributed by atoms with Crippen molar-refractivity contribution in [2.45, 2.75) is 126 Å². The summed E-state index contributed by atoms with van der Waals surface area (Å²) < 4.78 is 5.48. The van der Waals surface area contributed by atoms with Crippen LogP contribution in [0.3, 0.4) is 0 Å². The molecule has 0 saturated carbocycles. The quantitative estimate of drug-likeness (QED) is 0.0735. The Balaban J connectivity index is 1.86. The highest BCUT2D eigenvalue weighted by molar-refractivity contribution is 7.19. The number of anilines is 1. The highest BCUT2D eigenvalue weighted by Gasteiger charge is 2.20. The minimum absolute atomic E-state index is 0.345. The summed E-state index contributed by atoms with van der Waals surface area (Å²) in [6.45, 7) is 18.0. The zero-order valence-electron chi connectivity index (χ0n) is 31.3. The Morgan fingerprint density at radius 1 is 0.755 bits per heavy atom. The predicted octanol–water partition coefficient (Wildman–Crippen LogP) is 14.0. The molecule has 0 fully saturated rings. The van der Waals surface area contributed by atoms with E-state index in [2.05, 4.69) is 97.2 Å². The predicted molar refractivity (Wildman–Crippen MR) is 208 cm³/mol. The van der Waals surface area contributed by atoms with Crippen LogP contribution in [0.1, 0.15) is 134 Å². The van der Waals surface area contributed by atoms with Crippen LogP contribution in [0.15, 0.2) is 69.0 Å². The molecule has 3 rings (SSSR count). The highest BCUT2D eigenvalue weighted by Crippen LogP contribution is 2.39. The molecule has 2 aromatic carbocycles. The first kappa shape index (κ1) is 40.0. The smallest absolute Gasteiger partial charge is 0.341 e. The van der Waals surface area contributed by atoms with Gasteiger partial charge in [0.25, 0.3) is 0 Å². The molecule has 0 aliphatic rings. The molecule has 1 aromatic heterocycles. The van der Waals surface area contributed by atoms with Crippen molar-refractivity contribution >= 4 is 44.4 Å². The molecule has 268 valence electrons. The number of unbranched alkanes of at least 4 members (excludes halogenated alkanes) is 3. The monoisotopic (exact) mass is 687 g/mol. The van der Waals surface area contributed by atoms with Gasteiger partial charge in [-0.1, -0.05) is 110 Å². The van der Waals surface area contributed by atoms with E-state index < -0.39 is 5.97 Å². The van der Waals surface area contributed by atoms with Gasteiger partial charge in [0, 0.05) is 18.8 Å². The number of benzene rings is 2. The molecule has 0 bridgehead atoms. The van der Waals surface area contributed by atoms with Gasteiger partial charge in [0.15, 0.2) is 5.00 Å². The average molecular weight is 688 g/mol. The Labute approximate surface area is 300 Å². The van der Waals surface area contributed by atoms with Gasteiger partial charge in [0.05, 0.1) is 18.0 Å². The number of ether oxygens (including phenoxy) is 1. The molecule has 2 atom stereocenters. The molecule has 7 nitrogen and oxygen atoms in total. The minimum atomic E-state index is -0.418. The van der Waals surface area contributed by atoms with E-state index in [-0.39, 0.29) is 0 Å². The van der Waals surface area contributed by atoms with E-state index in [0.29, 0.717) is 34.0 Å². The van der Waals surface area contributed by atoms with Crippen LogP contribution in [0, 0.1) is 18.8 Å². The third kappa shape index (κ3) is 13.4. The zero-order chi connectivity index (χ0) is 35.4. The van der Waals surface area contributed by atoms with Crippen molar-refractivity contribution in [1.29, 1.82) is 0 Å². The van der Waals surface area contributed by atoms with Crippen molar-refractivity contribution in [3.05, 3.63) is 65.2 Å². The molecule has 0 spiro atoms. The van der Waals surface area contributed by atoms with E-state index >= 15 is 0 Å². The average Bonchev–Trinajstić information content (AvgIpc) is 3.54. The molecule has 49 heavy (non-hydrogen) atoms. The largest absolute Gasteiger partial charge is 0.462 e. The zero-order valence-corrected chi connectivity index (χ0v) is 32.2. The maximum atomic E-state index is 13.0. The molecule has 0 aliphatic carbocycles. The standard InChI is InChI=1S/C41H61N5O2S/c1-8-14-17-32(12-5)29-46(30-33(13-6)18-15-9-2)36-24-25-38(31(7)27-36)43-45-40-37(41(47)48-26-11-4)28-39(49-40)44-42-35-22-20-34(21-23-35)19-16-10-3/h20-25,27-28,32-33H,8-19,26,29-30H2,1-7H3. The van der Waals surface area contributed by atoms with Crippen molar-refractivity contribution in [3.63, 3.8) is 0 Å². The number of rotatable bonds is 23. The maximum absolute atomic E-state index is 13.0. The topological polar surface area (TPSA) is 79.0 Å². The second-order valence-corrected chi connectivity index (χ2v) is 14.3. The third-order valence-electron chi connectivity index (χ3n) is 9.21. The first-order valence-corrected chi connectivity index (χ1v) is 19.8. The second-order valence-electron chi connectivity index (χ2n) is 13.3. The van der Waals surface area contributed by atoms with Gasteiger partial charge >= 0.3 is 5.97 Å². The lowest BCUT2D eigenvalue weighted by atomic mass is 9.95. The van der Waals surface area contributed by atoms with Gasteiger partial charge < -0.3 is 9.64 Å². The lowest BCUT2D eigenvalue weighted by molar-refractivity contribution is 0.0506. The number of azo groups is 2. The summed E-state index contributed by atoms with van der Waals surface area (Å²) in [6.07, 6.45) is 14.1. The first-order valence-electron chi connectivity index (χ1n) is 18.9. The van der Waals surface area contributed by atoms with Crippen molar-refractivity contribution in [2.75, 3.05) is 24.6 Å². The number of carbonyl (C=O) groups excluding carboxylic acids is 1. The van der Waals surface area contributed by atoms with Crippen molar-refractivity contribution in [1.82, 2.24) is 0 Å². The van der Waals surface area contributed by atoms with E-state index in [9.17, 15) is 4.79 Å². The fraction of sp³-hybridized carbons (Fsp3) is 0.585. The fourth-order valence-corrected chi connectivity index (χ4v) is 6.71. The van der Waals surface area contributed by atoms with Gasteiger partial charge in [-0.05, 0) is 98.4 Å². The van der Waals surface area contributed by atoms with Crippen LogP contribution in [0.4, 0.5) is 27.1 Å². The van der Waals surface area contributed by atoms with E-state index in [1.54, 1.807) is 6.07 Å². The van der Waals surface area contributed by atoms with Gasteiger partial charge in [-0.3, -0.25) is 0 Å². The number of esters is 1. The molecule has 0 radical (unpaired) electrons. The fourth-order valence-electron chi connectivity index (χ4n) is 5.92. The van der Waals surface area contributed by atoms with Gasteiger partial charge in [-0.2, -0.15) is 0 Å². The molecule has 8 heteroatoms. The van der Waals surface area contributed by atoms with Crippen LogP contribution in [-0.4, -0.2) is 25.7 Å². The third-order valence-corrected chi connectivity index (χ3v) is 10.1. The molecular weight excluding hydrogens is 627 g/mol. The maximum Gasteiger partial charge on any atom is 0.341 e. The normalized spacial score (nSPS) is 13.0. The van der Waals surface area contributed by atoms with Crippen LogP contribution < -0.4 is 4.90 Å². The van der Waals surface area contributed by atoms with Gasteiger partial charge in [0.1, 0.15) is 10.6 Å². The molecule has 0 aliphatic heterocycles. The Kier molecular flexibility index (Phi) is 18.3. The van der Waals surface area contributed by atoms with E-state index in [0.717, 1.165) is 42.9 Å². The van der Waals surface area contributed by atoms with E-state index in [4.69, 9.17) is 4.74 Å². The first-order chi connectivity index (χ1) is 23.8. The van der Waals surface area contributed by atoms with Crippen molar-refractivity contribution in [3.8, 4) is 0 Å². The van der Waals surface area contributed by atoms with Crippen LogP contribution in [0.2, 0.25) is 0 Å². The molecule has 2 unspecified atom stereocenters. The summed E-state index contributed by atoms with van der Waals surface area (Å²) in [7, 11) is 0. The van der Waals surface area contributed by atoms with E-state index in [1.165, 1.54) is 86.8 Å². The molecule has 0 amide bonds. The Bertz CT molecular complexity index is 1430. The number of carbonyl (C=O) groups is 1. The summed E-state index contributed by atoms with van der Waals surface area (Å²) in [6, 6.07) is 16.4. The molecule has 1 heterocycles. The van der Waals surface area contributed by atoms with Crippen molar-refractivity contribution < 1.29 is 9.53 Å². The number of hydrogen-bond donors (Lipinski definition) is 0. The summed E-state index contributed by atoms with van der Waals surface area (Å²) in [4.78, 5) is 15.6. The van der Waals surface area contributed by atoms with Crippen LogP contribution in [-0.2, 0) is 11.2 Å². The number of hydrogen-bond acceptors (Lipinski definition) is 8. The lowest BCUT2D eigenvalue weighted by Crippen LogP contribution is -2.34. The summed E-state index contributed by atoms with van der Waals surface area (Å²) in [5, 5.41) is 19.1. The number of thiophene rings is 1. The lowest BCUT2D eigenvalue weighted by Gasteiger charge is -2.33. The van der Waals surface area contributed by atoms with Crippen LogP contribution in [0.25, 0.3) is 0 Å². The van der Waals surface area contributed by atoms with Crippen molar-refractivity contribution in [2.24, 2.45) is 32.3 Å². The summed E-state index contributed by atoms with van der Waals surface area (Å²) in [5.74, 6) is 0.952. The molecular formula is C41H61N5O2S. The SMILES string of the molecule is CCCCc1ccc(N=Nc2cc(C(=O)OCCC)c(N=Nc3ccc(N(CC(CC)CCCC)CC(CC)CCCC)cc3C)s2)cc1. The van der Waals surface area contributed by atoms with E-state index in [1.807, 2.05) is 19.1 Å². The van der Waals surface area contributed by atoms with Crippen LogP contribution in [0.5, 0.6) is 0 Å². The van der Waals surface area contributed by atoms with Crippen LogP contribution >= 0.6 is 11.3 Å². The molecule has 3 aromatic rings.